The van der Waals surface area contributed by atoms with Gasteiger partial charge in [-0.05, 0) is 49.7 Å². The summed E-state index contributed by atoms with van der Waals surface area (Å²) < 4.78 is 23.9. The number of benzene rings is 2. The average molecular weight is 414 g/mol. The third kappa shape index (κ3) is 5.16. The van der Waals surface area contributed by atoms with Gasteiger partial charge in [-0.25, -0.2) is 4.39 Å². The predicted octanol–water partition coefficient (Wildman–Crippen LogP) is 3.15. The van der Waals surface area contributed by atoms with Crippen molar-refractivity contribution in [3.63, 3.8) is 0 Å². The van der Waals surface area contributed by atoms with E-state index in [1.165, 1.54) is 19.2 Å². The van der Waals surface area contributed by atoms with Crippen LogP contribution in [-0.4, -0.2) is 60.9 Å². The second kappa shape index (κ2) is 9.71. The number of aldehydes is 1. The van der Waals surface area contributed by atoms with E-state index in [4.69, 9.17) is 9.47 Å². The Morgan fingerprint density at radius 3 is 2.53 bits per heavy atom. The maximum Gasteiger partial charge on any atom is 0.260 e. The van der Waals surface area contributed by atoms with Crippen LogP contribution in [-0.2, 0) is 11.3 Å². The Kier molecular flexibility index (Phi) is 7.05. The molecule has 0 bridgehead atoms. The largest absolute Gasteiger partial charge is 0.497 e. The van der Waals surface area contributed by atoms with Crippen LogP contribution in [0.25, 0.3) is 0 Å². The van der Waals surface area contributed by atoms with E-state index in [0.717, 1.165) is 5.56 Å². The molecule has 0 N–H and O–H groups in total. The summed E-state index contributed by atoms with van der Waals surface area (Å²) in [6.45, 7) is 5.94. The number of piperazine rings is 1. The molecule has 1 amide bonds. The maximum absolute atomic E-state index is 13.1. The van der Waals surface area contributed by atoms with Crippen molar-refractivity contribution >= 4 is 12.2 Å². The minimum Gasteiger partial charge on any atom is -0.497 e. The highest BCUT2D eigenvalue weighted by molar-refractivity contribution is 5.81. The number of nitrogens with zero attached hydrogens (tertiary/aromatic N) is 2. The van der Waals surface area contributed by atoms with E-state index in [2.05, 4.69) is 11.8 Å². The van der Waals surface area contributed by atoms with E-state index < -0.39 is 0 Å². The summed E-state index contributed by atoms with van der Waals surface area (Å²) in [5.74, 6) is 0.541. The summed E-state index contributed by atoms with van der Waals surface area (Å²) in [5, 5.41) is 0. The molecule has 0 aromatic heterocycles. The number of amides is 1. The molecule has 0 spiro atoms. The van der Waals surface area contributed by atoms with Gasteiger partial charge >= 0.3 is 0 Å². The molecule has 2 atom stereocenters. The highest BCUT2D eigenvalue weighted by Gasteiger charge is 2.32. The molecule has 3 rings (SSSR count). The molecule has 160 valence electrons. The van der Waals surface area contributed by atoms with E-state index >= 15 is 0 Å². The molecule has 30 heavy (non-hydrogen) atoms. The molecule has 1 aliphatic heterocycles. The molecule has 2 aromatic rings. The van der Waals surface area contributed by atoms with Crippen molar-refractivity contribution < 1.29 is 23.5 Å². The van der Waals surface area contributed by atoms with Crippen LogP contribution in [0.1, 0.15) is 29.8 Å². The highest BCUT2D eigenvalue weighted by atomic mass is 19.1. The van der Waals surface area contributed by atoms with Crippen LogP contribution in [0.4, 0.5) is 4.39 Å². The number of methoxy groups -OCH3 is 1. The van der Waals surface area contributed by atoms with Crippen molar-refractivity contribution in [3.05, 3.63) is 59.4 Å². The molecule has 0 saturated carbocycles. The van der Waals surface area contributed by atoms with Gasteiger partial charge in [0.25, 0.3) is 5.91 Å². The molecule has 0 radical (unpaired) electrons. The second-order valence-corrected chi connectivity index (χ2v) is 7.61. The zero-order valence-electron chi connectivity index (χ0n) is 17.5. The van der Waals surface area contributed by atoms with Gasteiger partial charge in [-0.3, -0.25) is 14.5 Å². The minimum absolute atomic E-state index is 0.0131. The molecular weight excluding hydrogens is 387 g/mol. The number of ether oxygens (including phenoxy) is 2. The third-order valence-electron chi connectivity index (χ3n) is 5.43. The number of hydrogen-bond acceptors (Lipinski definition) is 5. The lowest BCUT2D eigenvalue weighted by Gasteiger charge is -2.44. The summed E-state index contributed by atoms with van der Waals surface area (Å²) >= 11 is 0. The molecule has 2 aromatic carbocycles. The lowest BCUT2D eigenvalue weighted by molar-refractivity contribution is -0.139. The first kappa shape index (κ1) is 21.8. The van der Waals surface area contributed by atoms with Crippen molar-refractivity contribution in [1.82, 2.24) is 9.80 Å². The molecule has 2 unspecified atom stereocenters. The van der Waals surface area contributed by atoms with E-state index in [0.29, 0.717) is 43.0 Å². The lowest BCUT2D eigenvalue weighted by atomic mass is 10.1. The van der Waals surface area contributed by atoms with Gasteiger partial charge < -0.3 is 14.4 Å². The lowest BCUT2D eigenvalue weighted by Crippen LogP contribution is -2.58. The van der Waals surface area contributed by atoms with E-state index in [1.54, 1.807) is 30.3 Å². The molecule has 7 heteroatoms. The van der Waals surface area contributed by atoms with Crippen LogP contribution in [0.5, 0.6) is 11.5 Å². The van der Waals surface area contributed by atoms with Crippen LogP contribution in [0.15, 0.2) is 42.5 Å². The Morgan fingerprint density at radius 1 is 1.13 bits per heavy atom. The van der Waals surface area contributed by atoms with Crippen molar-refractivity contribution in [3.8, 4) is 11.5 Å². The molecular formula is C23H27FN2O4. The van der Waals surface area contributed by atoms with Crippen molar-refractivity contribution in [1.29, 1.82) is 0 Å². The summed E-state index contributed by atoms with van der Waals surface area (Å²) in [6.07, 6.45) is 0.682. The topological polar surface area (TPSA) is 59.1 Å². The molecule has 1 heterocycles. The SMILES string of the molecule is COc1ccc(OCC(=O)N2CC(C)N(Cc3ccc(F)cc3)CC2C)c(C=O)c1. The van der Waals surface area contributed by atoms with Gasteiger partial charge in [0.2, 0.25) is 0 Å². The van der Waals surface area contributed by atoms with Crippen LogP contribution in [0.2, 0.25) is 0 Å². The summed E-state index contributed by atoms with van der Waals surface area (Å²) in [4.78, 5) is 28.2. The molecule has 0 aliphatic carbocycles. The van der Waals surface area contributed by atoms with Crippen LogP contribution >= 0.6 is 0 Å². The normalized spacial score (nSPS) is 19.4. The predicted molar refractivity (Wildman–Crippen MR) is 111 cm³/mol. The van der Waals surface area contributed by atoms with Crippen LogP contribution in [0, 0.1) is 5.82 Å². The fourth-order valence-electron chi connectivity index (χ4n) is 3.69. The molecule has 6 nitrogen and oxygen atoms in total. The van der Waals surface area contributed by atoms with Gasteiger partial charge in [0, 0.05) is 31.7 Å². The molecule has 1 saturated heterocycles. The fourth-order valence-corrected chi connectivity index (χ4v) is 3.69. The Labute approximate surface area is 176 Å². The number of hydrogen-bond donors (Lipinski definition) is 0. The Hall–Kier alpha value is -2.93. The Balaban J connectivity index is 1.58. The number of rotatable bonds is 7. The van der Waals surface area contributed by atoms with Crippen LogP contribution in [0.3, 0.4) is 0 Å². The summed E-state index contributed by atoms with van der Waals surface area (Å²) in [6, 6.07) is 11.6. The monoisotopic (exact) mass is 414 g/mol. The summed E-state index contributed by atoms with van der Waals surface area (Å²) in [7, 11) is 1.52. The van der Waals surface area contributed by atoms with Gasteiger partial charge in [-0.15, -0.1) is 0 Å². The van der Waals surface area contributed by atoms with E-state index in [1.807, 2.05) is 11.8 Å². The maximum atomic E-state index is 13.1. The first-order valence-electron chi connectivity index (χ1n) is 9.95. The quantitative estimate of drug-likeness (QED) is 0.652. The second-order valence-electron chi connectivity index (χ2n) is 7.61. The van der Waals surface area contributed by atoms with Gasteiger partial charge in [-0.1, -0.05) is 12.1 Å². The molecule has 1 fully saturated rings. The van der Waals surface area contributed by atoms with Crippen molar-refractivity contribution in [2.45, 2.75) is 32.5 Å². The number of carbonyl (C=O) groups is 2. The highest BCUT2D eigenvalue weighted by Crippen LogP contribution is 2.23. The van der Waals surface area contributed by atoms with Crippen molar-refractivity contribution in [2.24, 2.45) is 0 Å². The number of halogens is 1. The average Bonchev–Trinajstić information content (AvgIpc) is 2.75. The van der Waals surface area contributed by atoms with E-state index in [9.17, 15) is 14.0 Å². The van der Waals surface area contributed by atoms with Gasteiger partial charge in [0.05, 0.1) is 12.7 Å². The Morgan fingerprint density at radius 2 is 1.87 bits per heavy atom. The first-order chi connectivity index (χ1) is 14.4. The van der Waals surface area contributed by atoms with E-state index in [-0.39, 0.29) is 30.4 Å². The van der Waals surface area contributed by atoms with Gasteiger partial charge in [0.1, 0.15) is 17.3 Å². The first-order valence-corrected chi connectivity index (χ1v) is 9.95. The Bertz CT molecular complexity index is 887. The molecule has 1 aliphatic rings. The zero-order valence-corrected chi connectivity index (χ0v) is 17.5. The van der Waals surface area contributed by atoms with Crippen LogP contribution < -0.4 is 9.47 Å². The minimum atomic E-state index is -0.245. The summed E-state index contributed by atoms with van der Waals surface area (Å²) in [5.41, 5.74) is 1.38. The smallest absolute Gasteiger partial charge is 0.260 e. The standard InChI is InChI=1S/C23H27FN2O4/c1-16-12-26(17(2)11-25(16)13-18-4-6-20(24)7-5-18)23(28)15-30-22-9-8-21(29-3)10-19(22)14-27/h4-10,14,16-17H,11-13,15H2,1-3H3. The third-order valence-corrected chi connectivity index (χ3v) is 5.43. The zero-order chi connectivity index (χ0) is 21.7. The van der Waals surface area contributed by atoms with Gasteiger partial charge in [-0.2, -0.15) is 0 Å². The van der Waals surface area contributed by atoms with Gasteiger partial charge in [0.15, 0.2) is 12.9 Å². The fraction of sp³-hybridized carbons (Fsp3) is 0.391. The van der Waals surface area contributed by atoms with Crippen molar-refractivity contribution in [2.75, 3.05) is 26.8 Å². The number of carbonyl (C=O) groups excluding carboxylic acids is 2.